The zero-order chi connectivity index (χ0) is 30.2. The van der Waals surface area contributed by atoms with Gasteiger partial charge in [-0.3, -0.25) is 4.98 Å². The highest BCUT2D eigenvalue weighted by molar-refractivity contribution is 6.09. The summed E-state index contributed by atoms with van der Waals surface area (Å²) in [7, 11) is 0. The van der Waals surface area contributed by atoms with E-state index in [0.29, 0.717) is 0 Å². The molecule has 8 rings (SSSR count). The predicted octanol–water partition coefficient (Wildman–Crippen LogP) is 11.4. The van der Waals surface area contributed by atoms with Crippen LogP contribution in [0.3, 0.4) is 0 Å². The van der Waals surface area contributed by atoms with Crippen molar-refractivity contribution in [1.82, 2.24) is 9.97 Å². The van der Waals surface area contributed by atoms with E-state index in [1.54, 1.807) is 0 Å². The first-order valence-corrected chi connectivity index (χ1v) is 15.3. The van der Waals surface area contributed by atoms with Gasteiger partial charge >= 0.3 is 0 Å². The van der Waals surface area contributed by atoms with Crippen molar-refractivity contribution in [3.63, 3.8) is 0 Å². The van der Waals surface area contributed by atoms with Crippen LogP contribution in [-0.2, 0) is 0 Å². The Labute approximate surface area is 263 Å². The first-order chi connectivity index (χ1) is 22.2. The molecule has 0 amide bonds. The van der Waals surface area contributed by atoms with Gasteiger partial charge in [-0.05, 0) is 116 Å². The average Bonchev–Trinajstić information content (AvgIpc) is 3.11. The van der Waals surface area contributed by atoms with E-state index >= 15 is 0 Å². The van der Waals surface area contributed by atoms with E-state index < -0.39 is 0 Å². The highest BCUT2D eigenvalue weighted by Crippen LogP contribution is 2.42. The van der Waals surface area contributed by atoms with Gasteiger partial charge in [-0.2, -0.15) is 0 Å². The SMILES string of the molecule is Cc1ccncc1-c1cccc(-c2c(-c3cc(-c4ccccc4)cc(-c4ccccc4)c3)ccc3cc4ccccc4cc23)n1. The summed E-state index contributed by atoms with van der Waals surface area (Å²) in [5, 5.41) is 4.82. The summed E-state index contributed by atoms with van der Waals surface area (Å²) < 4.78 is 0. The number of aryl methyl sites for hydroxylation is 1. The Kier molecular flexibility index (Phi) is 6.73. The predicted molar refractivity (Wildman–Crippen MR) is 189 cm³/mol. The fourth-order valence-corrected chi connectivity index (χ4v) is 6.36. The number of benzene rings is 6. The van der Waals surface area contributed by atoms with E-state index in [1.165, 1.54) is 43.8 Å². The van der Waals surface area contributed by atoms with Crippen molar-refractivity contribution in [2.24, 2.45) is 0 Å². The van der Waals surface area contributed by atoms with Crippen LogP contribution in [0.5, 0.6) is 0 Å². The Morgan fingerprint density at radius 3 is 1.73 bits per heavy atom. The number of rotatable bonds is 5. The molecule has 212 valence electrons. The Balaban J connectivity index is 1.43. The minimum atomic E-state index is 0.921. The Hall–Kier alpha value is -5.86. The van der Waals surface area contributed by atoms with Gasteiger partial charge in [-0.1, -0.05) is 103 Å². The molecule has 0 aliphatic carbocycles. The van der Waals surface area contributed by atoms with Crippen LogP contribution in [0.4, 0.5) is 0 Å². The number of nitrogens with zero attached hydrogens (tertiary/aromatic N) is 2. The highest BCUT2D eigenvalue weighted by Gasteiger charge is 2.17. The average molecular weight is 575 g/mol. The molecule has 0 spiro atoms. The first kappa shape index (κ1) is 26.7. The minimum Gasteiger partial charge on any atom is -0.264 e. The van der Waals surface area contributed by atoms with Crippen LogP contribution in [0.2, 0.25) is 0 Å². The van der Waals surface area contributed by atoms with E-state index in [0.717, 1.165) is 39.2 Å². The lowest BCUT2D eigenvalue weighted by Gasteiger charge is -2.17. The lowest BCUT2D eigenvalue weighted by molar-refractivity contribution is 1.25. The molecule has 2 heteroatoms. The monoisotopic (exact) mass is 574 g/mol. The smallest absolute Gasteiger partial charge is 0.0727 e. The molecule has 0 saturated carbocycles. The fraction of sp³-hybridized carbons (Fsp3) is 0.0233. The number of hydrogen-bond donors (Lipinski definition) is 0. The van der Waals surface area contributed by atoms with Crippen LogP contribution >= 0.6 is 0 Å². The molecule has 0 aliphatic heterocycles. The van der Waals surface area contributed by atoms with Gasteiger partial charge in [0.2, 0.25) is 0 Å². The molecule has 2 nitrogen and oxygen atoms in total. The lowest BCUT2D eigenvalue weighted by Crippen LogP contribution is -1.95. The summed E-state index contributed by atoms with van der Waals surface area (Å²) in [5.74, 6) is 0. The second-order valence-electron chi connectivity index (χ2n) is 11.5. The molecule has 0 atom stereocenters. The van der Waals surface area contributed by atoms with Crippen LogP contribution < -0.4 is 0 Å². The zero-order valence-electron chi connectivity index (χ0n) is 25.0. The van der Waals surface area contributed by atoms with Crippen LogP contribution in [0, 0.1) is 6.92 Å². The number of aromatic nitrogens is 2. The van der Waals surface area contributed by atoms with Crippen LogP contribution in [0.25, 0.3) is 77.4 Å². The minimum absolute atomic E-state index is 0.921. The lowest BCUT2D eigenvalue weighted by atomic mass is 9.87. The molecule has 0 radical (unpaired) electrons. The number of pyridine rings is 2. The van der Waals surface area contributed by atoms with Crippen LogP contribution in [0.1, 0.15) is 5.56 Å². The quantitative estimate of drug-likeness (QED) is 0.191. The summed E-state index contributed by atoms with van der Waals surface area (Å²) in [4.78, 5) is 9.72. The summed E-state index contributed by atoms with van der Waals surface area (Å²) in [6.07, 6.45) is 3.75. The Morgan fingerprint density at radius 2 is 1.04 bits per heavy atom. The van der Waals surface area contributed by atoms with Crippen molar-refractivity contribution < 1.29 is 0 Å². The Bertz CT molecular complexity index is 2260. The van der Waals surface area contributed by atoms with Crippen molar-refractivity contribution in [3.8, 4) is 55.9 Å². The highest BCUT2D eigenvalue weighted by atomic mass is 14.7. The van der Waals surface area contributed by atoms with Gasteiger partial charge in [0, 0.05) is 23.5 Å². The number of hydrogen-bond acceptors (Lipinski definition) is 2. The van der Waals surface area contributed by atoms with Gasteiger partial charge in [0.1, 0.15) is 0 Å². The molecule has 0 N–H and O–H groups in total. The normalized spacial score (nSPS) is 11.2. The zero-order valence-corrected chi connectivity index (χ0v) is 25.0. The van der Waals surface area contributed by atoms with Gasteiger partial charge in [0.25, 0.3) is 0 Å². The maximum atomic E-state index is 5.31. The summed E-state index contributed by atoms with van der Waals surface area (Å²) in [5.41, 5.74) is 12.3. The van der Waals surface area contributed by atoms with Crippen molar-refractivity contribution in [2.45, 2.75) is 6.92 Å². The van der Waals surface area contributed by atoms with E-state index in [9.17, 15) is 0 Å². The van der Waals surface area contributed by atoms with E-state index in [-0.39, 0.29) is 0 Å². The van der Waals surface area contributed by atoms with E-state index in [2.05, 4.69) is 158 Å². The molecule has 0 unspecified atom stereocenters. The van der Waals surface area contributed by atoms with Crippen molar-refractivity contribution in [1.29, 1.82) is 0 Å². The molecule has 8 aromatic rings. The van der Waals surface area contributed by atoms with Crippen molar-refractivity contribution >= 4 is 21.5 Å². The molecule has 45 heavy (non-hydrogen) atoms. The molecular formula is C43H30N2. The third-order valence-corrected chi connectivity index (χ3v) is 8.66. The van der Waals surface area contributed by atoms with E-state index in [1.807, 2.05) is 18.5 Å². The molecule has 2 aromatic heterocycles. The molecule has 0 saturated heterocycles. The Morgan fingerprint density at radius 1 is 0.422 bits per heavy atom. The maximum Gasteiger partial charge on any atom is 0.0727 e. The van der Waals surface area contributed by atoms with Crippen LogP contribution in [0.15, 0.2) is 164 Å². The van der Waals surface area contributed by atoms with E-state index in [4.69, 9.17) is 4.98 Å². The van der Waals surface area contributed by atoms with Crippen molar-refractivity contribution in [3.05, 3.63) is 170 Å². The summed E-state index contributed by atoms with van der Waals surface area (Å²) >= 11 is 0. The summed E-state index contributed by atoms with van der Waals surface area (Å²) in [6, 6.07) is 54.3. The fourth-order valence-electron chi connectivity index (χ4n) is 6.36. The first-order valence-electron chi connectivity index (χ1n) is 15.3. The van der Waals surface area contributed by atoms with Gasteiger partial charge in [0.05, 0.1) is 11.4 Å². The third kappa shape index (κ3) is 5.07. The number of fused-ring (bicyclic) bond motifs is 2. The van der Waals surface area contributed by atoms with Crippen molar-refractivity contribution in [2.75, 3.05) is 0 Å². The summed E-state index contributed by atoms with van der Waals surface area (Å²) in [6.45, 7) is 2.11. The van der Waals surface area contributed by atoms with Gasteiger partial charge < -0.3 is 0 Å². The second kappa shape index (κ2) is 11.3. The third-order valence-electron chi connectivity index (χ3n) is 8.66. The maximum absolute atomic E-state index is 5.31. The van der Waals surface area contributed by atoms with Gasteiger partial charge in [0.15, 0.2) is 0 Å². The van der Waals surface area contributed by atoms with Crippen LogP contribution in [-0.4, -0.2) is 9.97 Å². The molecular weight excluding hydrogens is 544 g/mol. The molecule has 0 aliphatic rings. The van der Waals surface area contributed by atoms with Gasteiger partial charge in [-0.25, -0.2) is 4.98 Å². The largest absolute Gasteiger partial charge is 0.264 e. The standard InChI is InChI=1S/C43H30N2/c1-29-21-22-44-28-40(29)41-17-10-18-42(45-41)43-38(20-19-34-23-32-15-8-9-16-33(32)27-39(34)43)37-25-35(30-11-4-2-5-12-30)24-36(26-37)31-13-6-3-7-14-31/h2-28H,1H3. The molecule has 6 aromatic carbocycles. The molecule has 2 heterocycles. The molecule has 0 fully saturated rings. The van der Waals surface area contributed by atoms with Gasteiger partial charge in [-0.15, -0.1) is 0 Å². The topological polar surface area (TPSA) is 25.8 Å². The second-order valence-corrected chi connectivity index (χ2v) is 11.5. The molecule has 0 bridgehead atoms.